The largest absolute Gasteiger partial charge is 0.497 e. The lowest BCUT2D eigenvalue weighted by Gasteiger charge is -2.41. The van der Waals surface area contributed by atoms with E-state index in [1.165, 1.54) is 23.5 Å². The minimum absolute atomic E-state index is 0.0325. The van der Waals surface area contributed by atoms with Gasteiger partial charge in [-0.1, -0.05) is 17.7 Å². The van der Waals surface area contributed by atoms with Crippen LogP contribution in [0.3, 0.4) is 0 Å². The van der Waals surface area contributed by atoms with Gasteiger partial charge in [-0.3, -0.25) is 4.79 Å². The van der Waals surface area contributed by atoms with E-state index in [2.05, 4.69) is 0 Å². The molecule has 2 N–H and O–H groups in total. The summed E-state index contributed by atoms with van der Waals surface area (Å²) in [4.78, 5) is 12.0. The number of ether oxygens (including phenoxy) is 2. The highest BCUT2D eigenvalue weighted by molar-refractivity contribution is 7.89. The molecule has 30 heavy (non-hydrogen) atoms. The SMILES string of the molecule is COc1cccc(S(=O)(=O)N2CCC[C@](COc3ccc(Cl)cc3)(CC(N)=O)C2)c1. The minimum Gasteiger partial charge on any atom is -0.497 e. The molecule has 7 nitrogen and oxygen atoms in total. The van der Waals surface area contributed by atoms with Crippen LogP contribution >= 0.6 is 11.6 Å². The van der Waals surface area contributed by atoms with E-state index in [0.717, 1.165) is 0 Å². The number of primary amides is 1. The highest BCUT2D eigenvalue weighted by atomic mass is 35.5. The molecule has 1 aliphatic heterocycles. The fourth-order valence-electron chi connectivity index (χ4n) is 3.73. The zero-order valence-electron chi connectivity index (χ0n) is 16.7. The molecule has 0 radical (unpaired) electrons. The first kappa shape index (κ1) is 22.4. The quantitative estimate of drug-likeness (QED) is 0.663. The second-order valence-electron chi connectivity index (χ2n) is 7.51. The Balaban J connectivity index is 1.83. The van der Waals surface area contributed by atoms with Crippen LogP contribution in [0.5, 0.6) is 11.5 Å². The molecule has 0 unspecified atom stereocenters. The molecule has 0 saturated carbocycles. The van der Waals surface area contributed by atoms with Gasteiger partial charge in [0.2, 0.25) is 15.9 Å². The molecule has 0 spiro atoms. The molecular formula is C21H25ClN2O5S. The van der Waals surface area contributed by atoms with Crippen LogP contribution in [0, 0.1) is 5.41 Å². The molecule has 0 bridgehead atoms. The van der Waals surface area contributed by atoms with E-state index in [4.69, 9.17) is 26.8 Å². The summed E-state index contributed by atoms with van der Waals surface area (Å²) in [6.45, 7) is 0.672. The number of sulfonamides is 1. The zero-order valence-corrected chi connectivity index (χ0v) is 18.3. The van der Waals surface area contributed by atoms with Crippen LogP contribution in [0.4, 0.5) is 0 Å². The molecule has 1 heterocycles. The van der Waals surface area contributed by atoms with Gasteiger partial charge in [0.1, 0.15) is 11.5 Å². The second-order valence-corrected chi connectivity index (χ2v) is 9.88. The number of nitrogens with two attached hydrogens (primary N) is 1. The average Bonchev–Trinajstić information content (AvgIpc) is 2.73. The molecule has 1 aliphatic rings. The van der Waals surface area contributed by atoms with Gasteiger partial charge in [0.25, 0.3) is 0 Å². The summed E-state index contributed by atoms with van der Waals surface area (Å²) in [6, 6.07) is 13.2. The normalized spacial score (nSPS) is 19.9. The molecule has 9 heteroatoms. The van der Waals surface area contributed by atoms with Crippen molar-refractivity contribution in [1.29, 1.82) is 0 Å². The third kappa shape index (κ3) is 5.24. The van der Waals surface area contributed by atoms with Crippen LogP contribution in [0.25, 0.3) is 0 Å². The maximum Gasteiger partial charge on any atom is 0.243 e. The molecule has 2 aromatic carbocycles. The predicted molar refractivity (Wildman–Crippen MR) is 114 cm³/mol. The van der Waals surface area contributed by atoms with Crippen LogP contribution < -0.4 is 15.2 Å². The Kier molecular flexibility index (Phi) is 6.90. The lowest BCUT2D eigenvalue weighted by molar-refractivity contribution is -0.121. The lowest BCUT2D eigenvalue weighted by atomic mass is 9.78. The Morgan fingerprint density at radius 2 is 1.93 bits per heavy atom. The van der Waals surface area contributed by atoms with Gasteiger partial charge in [0.05, 0.1) is 18.6 Å². The van der Waals surface area contributed by atoms with E-state index in [1.807, 2.05) is 0 Å². The van der Waals surface area contributed by atoms with Gasteiger partial charge in [-0.15, -0.1) is 0 Å². The Labute approximate surface area is 181 Å². The number of halogens is 1. The highest BCUT2D eigenvalue weighted by Crippen LogP contribution is 2.37. The molecule has 1 amide bonds. The van der Waals surface area contributed by atoms with Gasteiger partial charge in [-0.05, 0) is 49.2 Å². The van der Waals surface area contributed by atoms with Gasteiger partial charge in [0.15, 0.2) is 0 Å². The number of nitrogens with zero attached hydrogens (tertiary/aromatic N) is 1. The molecule has 1 atom stereocenters. The van der Waals surface area contributed by atoms with Crippen LogP contribution in [0.1, 0.15) is 19.3 Å². The number of carbonyl (C=O) groups is 1. The van der Waals surface area contributed by atoms with Gasteiger partial charge in [-0.25, -0.2) is 8.42 Å². The highest BCUT2D eigenvalue weighted by Gasteiger charge is 2.42. The zero-order chi connectivity index (χ0) is 21.8. The topological polar surface area (TPSA) is 98.9 Å². The fraction of sp³-hybridized carbons (Fsp3) is 0.381. The number of rotatable bonds is 8. The molecule has 0 aromatic heterocycles. The number of carbonyl (C=O) groups excluding carboxylic acids is 1. The van der Waals surface area contributed by atoms with Crippen molar-refractivity contribution in [2.75, 3.05) is 26.8 Å². The summed E-state index contributed by atoms with van der Waals surface area (Å²) in [6.07, 6.45) is 1.26. The van der Waals surface area contributed by atoms with Crippen molar-refractivity contribution in [3.05, 3.63) is 53.6 Å². The molecule has 1 fully saturated rings. The van der Waals surface area contributed by atoms with Crippen LogP contribution in [0.2, 0.25) is 5.02 Å². The van der Waals surface area contributed by atoms with E-state index in [0.29, 0.717) is 35.9 Å². The van der Waals surface area contributed by atoms with Crippen molar-refractivity contribution in [2.24, 2.45) is 11.1 Å². The van der Waals surface area contributed by atoms with Crippen molar-refractivity contribution in [1.82, 2.24) is 4.31 Å². The van der Waals surface area contributed by atoms with Gasteiger partial charge >= 0.3 is 0 Å². The smallest absolute Gasteiger partial charge is 0.243 e. The number of piperidine rings is 1. The Morgan fingerprint density at radius 1 is 1.20 bits per heavy atom. The van der Waals surface area contributed by atoms with Crippen molar-refractivity contribution in [3.63, 3.8) is 0 Å². The maximum atomic E-state index is 13.2. The third-order valence-electron chi connectivity index (χ3n) is 5.21. The minimum atomic E-state index is -3.76. The Morgan fingerprint density at radius 3 is 2.60 bits per heavy atom. The fourth-order valence-corrected chi connectivity index (χ4v) is 5.48. The van der Waals surface area contributed by atoms with Gasteiger partial charge in [0, 0.05) is 36.0 Å². The van der Waals surface area contributed by atoms with E-state index in [9.17, 15) is 13.2 Å². The molecule has 0 aliphatic carbocycles. The molecule has 2 aromatic rings. The van der Waals surface area contributed by atoms with E-state index in [-0.39, 0.29) is 24.5 Å². The van der Waals surface area contributed by atoms with E-state index >= 15 is 0 Å². The maximum absolute atomic E-state index is 13.2. The number of hydrogen-bond acceptors (Lipinski definition) is 5. The third-order valence-corrected chi connectivity index (χ3v) is 7.31. The van der Waals surface area contributed by atoms with Gasteiger partial charge < -0.3 is 15.2 Å². The van der Waals surface area contributed by atoms with Crippen LogP contribution in [-0.2, 0) is 14.8 Å². The molecule has 1 saturated heterocycles. The monoisotopic (exact) mass is 452 g/mol. The number of amides is 1. The molecular weight excluding hydrogens is 428 g/mol. The molecule has 162 valence electrons. The summed E-state index contributed by atoms with van der Waals surface area (Å²) >= 11 is 5.91. The summed E-state index contributed by atoms with van der Waals surface area (Å²) in [5, 5.41) is 0.586. The standard InChI is InChI=1S/C21H25ClN2O5S/c1-28-18-4-2-5-19(12-18)30(26,27)24-11-3-10-21(14-24,13-20(23)25)15-29-17-8-6-16(22)7-9-17/h2,4-9,12H,3,10-11,13-15H2,1H3,(H2,23,25)/t21-/m0/s1. The lowest BCUT2D eigenvalue weighted by Crippen LogP contribution is -2.50. The first-order valence-electron chi connectivity index (χ1n) is 9.55. The Bertz CT molecular complexity index is 997. The number of methoxy groups -OCH3 is 1. The first-order valence-corrected chi connectivity index (χ1v) is 11.4. The van der Waals surface area contributed by atoms with Crippen molar-refractivity contribution in [2.45, 2.75) is 24.2 Å². The van der Waals surface area contributed by atoms with Crippen molar-refractivity contribution >= 4 is 27.5 Å². The average molecular weight is 453 g/mol. The summed E-state index contributed by atoms with van der Waals surface area (Å²) in [5.74, 6) is 0.564. The Hall–Kier alpha value is -2.29. The molecule has 3 rings (SSSR count). The van der Waals surface area contributed by atoms with Crippen molar-refractivity contribution in [3.8, 4) is 11.5 Å². The second kappa shape index (κ2) is 9.24. The van der Waals surface area contributed by atoms with Gasteiger partial charge in [-0.2, -0.15) is 4.31 Å². The van der Waals surface area contributed by atoms with E-state index < -0.39 is 21.3 Å². The summed E-state index contributed by atoms with van der Waals surface area (Å²) in [7, 11) is -2.28. The first-order chi connectivity index (χ1) is 14.2. The van der Waals surface area contributed by atoms with Crippen LogP contribution in [-0.4, -0.2) is 45.4 Å². The van der Waals surface area contributed by atoms with E-state index in [1.54, 1.807) is 36.4 Å². The number of hydrogen-bond donors (Lipinski definition) is 1. The van der Waals surface area contributed by atoms with Crippen LogP contribution in [0.15, 0.2) is 53.4 Å². The summed E-state index contributed by atoms with van der Waals surface area (Å²) < 4.78 is 38.9. The summed E-state index contributed by atoms with van der Waals surface area (Å²) in [5.41, 5.74) is 4.79. The number of benzene rings is 2. The van der Waals surface area contributed by atoms with Crippen molar-refractivity contribution < 1.29 is 22.7 Å². The predicted octanol–water partition coefficient (Wildman–Crippen LogP) is 3.07.